The van der Waals surface area contributed by atoms with E-state index in [1.54, 1.807) is 18.2 Å². The molecule has 0 saturated heterocycles. The van der Waals surface area contributed by atoms with Crippen molar-refractivity contribution in [2.75, 3.05) is 18.4 Å². The van der Waals surface area contributed by atoms with Crippen LogP contribution in [0.1, 0.15) is 15.9 Å². The van der Waals surface area contributed by atoms with Crippen molar-refractivity contribution in [2.24, 2.45) is 0 Å². The molecule has 6 heteroatoms. The number of nitrogens with zero attached hydrogens (tertiary/aromatic N) is 2. The number of anilines is 1. The fourth-order valence-corrected chi connectivity index (χ4v) is 2.74. The highest BCUT2D eigenvalue weighted by Gasteiger charge is 2.37. The number of fused-ring (bicyclic) bond motifs is 1. The zero-order chi connectivity index (χ0) is 12.1. The van der Waals surface area contributed by atoms with Crippen LogP contribution >= 0.6 is 0 Å². The van der Waals surface area contributed by atoms with Gasteiger partial charge in [0.15, 0.2) is 0 Å². The predicted octanol–water partition coefficient (Wildman–Crippen LogP) is 0.762. The molecule has 0 aromatic heterocycles. The first-order valence-corrected chi connectivity index (χ1v) is 6.13. The second kappa shape index (κ2) is 3.21. The largest absolute Gasteiger partial charge is 0.328 e. The van der Waals surface area contributed by atoms with Crippen molar-refractivity contribution >= 4 is 21.8 Å². The molecule has 2 rings (SSSR count). The van der Waals surface area contributed by atoms with Crippen LogP contribution in [0.4, 0.5) is 5.69 Å². The van der Waals surface area contributed by atoms with Crippen LogP contribution in [0.3, 0.4) is 0 Å². The Labute approximate surface area is 94.5 Å². The maximum Gasteiger partial charge on any atom is 0.328 e. The fourth-order valence-electron chi connectivity index (χ4n) is 1.67. The van der Waals surface area contributed by atoms with Gasteiger partial charge in [0.25, 0.3) is 5.91 Å². The summed E-state index contributed by atoms with van der Waals surface area (Å²) in [6.45, 7) is 1.85. The minimum absolute atomic E-state index is 0.408. The third-order valence-corrected chi connectivity index (χ3v) is 4.45. The van der Waals surface area contributed by atoms with Gasteiger partial charge in [0.2, 0.25) is 0 Å². The van der Waals surface area contributed by atoms with Crippen LogP contribution in [-0.4, -0.2) is 32.7 Å². The van der Waals surface area contributed by atoms with Crippen molar-refractivity contribution in [3.8, 4) is 0 Å². The summed E-state index contributed by atoms with van der Waals surface area (Å²) in [6.07, 6.45) is 0. The van der Waals surface area contributed by atoms with Crippen molar-refractivity contribution in [3.63, 3.8) is 0 Å². The molecule has 1 heterocycles. The summed E-state index contributed by atoms with van der Waals surface area (Å²) in [5, 5.41) is 0. The minimum Gasteiger partial charge on any atom is -0.268 e. The number of aryl methyl sites for hydroxylation is 1. The maximum atomic E-state index is 11.8. The first kappa shape index (κ1) is 10.9. The smallest absolute Gasteiger partial charge is 0.268 e. The van der Waals surface area contributed by atoms with E-state index >= 15 is 0 Å². The lowest BCUT2D eigenvalue weighted by molar-refractivity contribution is 0.0880. The highest BCUT2D eigenvalue weighted by atomic mass is 32.2. The van der Waals surface area contributed by atoms with Gasteiger partial charge >= 0.3 is 10.2 Å². The summed E-state index contributed by atoms with van der Waals surface area (Å²) in [5.41, 5.74) is 1.76. The van der Waals surface area contributed by atoms with Crippen molar-refractivity contribution in [1.82, 2.24) is 4.31 Å². The molecule has 0 N–H and O–H groups in total. The fraction of sp³-hybridized carbons (Fsp3) is 0.300. The average Bonchev–Trinajstić information content (AvgIpc) is 2.24. The van der Waals surface area contributed by atoms with E-state index in [-0.39, 0.29) is 0 Å². The summed E-state index contributed by atoms with van der Waals surface area (Å²) in [7, 11) is -1.00. The Bertz CT molecular complexity index is 565. The Morgan fingerprint density at radius 1 is 1.12 bits per heavy atom. The van der Waals surface area contributed by atoms with E-state index in [1.165, 1.54) is 14.1 Å². The monoisotopic (exact) mass is 240 g/mol. The number of hydrogen-bond acceptors (Lipinski definition) is 3. The van der Waals surface area contributed by atoms with E-state index in [4.69, 9.17) is 0 Å². The quantitative estimate of drug-likeness (QED) is 0.672. The van der Waals surface area contributed by atoms with Crippen LogP contribution in [-0.2, 0) is 10.2 Å². The zero-order valence-corrected chi connectivity index (χ0v) is 10.1. The second-order valence-electron chi connectivity index (χ2n) is 3.77. The molecule has 86 valence electrons. The Balaban J connectivity index is 2.75. The lowest BCUT2D eigenvalue weighted by atomic mass is 10.1. The molecule has 1 aliphatic rings. The Kier molecular flexibility index (Phi) is 2.20. The van der Waals surface area contributed by atoms with Crippen molar-refractivity contribution in [1.29, 1.82) is 0 Å². The molecule has 0 bridgehead atoms. The van der Waals surface area contributed by atoms with Crippen molar-refractivity contribution in [3.05, 3.63) is 29.3 Å². The number of amides is 1. The van der Waals surface area contributed by atoms with Gasteiger partial charge in [0.05, 0.1) is 11.3 Å². The van der Waals surface area contributed by atoms with E-state index in [2.05, 4.69) is 0 Å². The van der Waals surface area contributed by atoms with E-state index < -0.39 is 16.1 Å². The maximum absolute atomic E-state index is 11.8. The summed E-state index contributed by atoms with van der Waals surface area (Å²) in [4.78, 5) is 11.8. The number of hydrogen-bond donors (Lipinski definition) is 0. The standard InChI is InChI=1S/C10H12N2O3S/c1-7-4-5-8-9(6-7)11(2)16(14,15)12(3)10(8)13/h4-6H,1-3H3. The van der Waals surface area contributed by atoms with Crippen molar-refractivity contribution in [2.45, 2.75) is 6.92 Å². The second-order valence-corrected chi connectivity index (χ2v) is 5.76. The minimum atomic E-state index is -3.70. The van der Waals surface area contributed by atoms with Crippen LogP contribution in [0, 0.1) is 6.92 Å². The van der Waals surface area contributed by atoms with Crippen LogP contribution in [0.25, 0.3) is 0 Å². The van der Waals surface area contributed by atoms with Gasteiger partial charge in [-0.1, -0.05) is 6.07 Å². The Morgan fingerprint density at radius 3 is 2.38 bits per heavy atom. The SMILES string of the molecule is Cc1ccc2c(c1)N(C)S(=O)(=O)N(C)C2=O. The van der Waals surface area contributed by atoms with E-state index in [0.29, 0.717) is 11.3 Å². The van der Waals surface area contributed by atoms with Gasteiger partial charge in [0.1, 0.15) is 0 Å². The van der Waals surface area contributed by atoms with Crippen LogP contribution in [0.5, 0.6) is 0 Å². The van der Waals surface area contributed by atoms with Gasteiger partial charge in [-0.2, -0.15) is 8.42 Å². The van der Waals surface area contributed by atoms with Gasteiger partial charge in [-0.25, -0.2) is 4.31 Å². The Hall–Kier alpha value is -1.56. The van der Waals surface area contributed by atoms with Crippen LogP contribution in [0.2, 0.25) is 0 Å². The van der Waals surface area contributed by atoms with Gasteiger partial charge in [0, 0.05) is 14.1 Å². The van der Waals surface area contributed by atoms with E-state index in [1.807, 2.05) is 6.92 Å². The topological polar surface area (TPSA) is 57.7 Å². The molecular formula is C10H12N2O3S. The summed E-state index contributed by atoms with van der Waals surface area (Å²) < 4.78 is 25.5. The molecule has 1 aromatic rings. The highest BCUT2D eigenvalue weighted by Crippen LogP contribution is 2.30. The van der Waals surface area contributed by atoms with E-state index in [0.717, 1.165) is 14.2 Å². The van der Waals surface area contributed by atoms with Crippen molar-refractivity contribution < 1.29 is 13.2 Å². The van der Waals surface area contributed by atoms with Crippen LogP contribution in [0.15, 0.2) is 18.2 Å². The molecule has 16 heavy (non-hydrogen) atoms. The molecule has 5 nitrogen and oxygen atoms in total. The lowest BCUT2D eigenvalue weighted by Gasteiger charge is -2.32. The molecule has 0 radical (unpaired) electrons. The number of carbonyl (C=O) groups is 1. The molecular weight excluding hydrogens is 228 g/mol. The molecule has 1 aromatic carbocycles. The number of benzene rings is 1. The molecule has 0 saturated carbocycles. The summed E-state index contributed by atoms with van der Waals surface area (Å²) in [6, 6.07) is 5.13. The first-order chi connectivity index (χ1) is 7.35. The Morgan fingerprint density at radius 2 is 1.75 bits per heavy atom. The van der Waals surface area contributed by atoms with Gasteiger partial charge in [-0.15, -0.1) is 0 Å². The normalized spacial score (nSPS) is 18.6. The van der Waals surface area contributed by atoms with Gasteiger partial charge < -0.3 is 0 Å². The first-order valence-electron chi connectivity index (χ1n) is 4.73. The predicted molar refractivity (Wildman–Crippen MR) is 60.6 cm³/mol. The number of rotatable bonds is 0. The third-order valence-electron chi connectivity index (χ3n) is 2.70. The molecule has 0 spiro atoms. The molecule has 1 aliphatic heterocycles. The lowest BCUT2D eigenvalue weighted by Crippen LogP contribution is -2.47. The molecule has 0 atom stereocenters. The number of carbonyl (C=O) groups excluding carboxylic acids is 1. The summed E-state index contributed by atoms with van der Waals surface area (Å²) >= 11 is 0. The summed E-state index contributed by atoms with van der Waals surface area (Å²) in [5.74, 6) is -0.492. The van der Waals surface area contributed by atoms with Gasteiger partial charge in [-0.3, -0.25) is 9.10 Å². The zero-order valence-electron chi connectivity index (χ0n) is 9.26. The van der Waals surface area contributed by atoms with Crippen LogP contribution < -0.4 is 4.31 Å². The average molecular weight is 240 g/mol. The molecule has 1 amide bonds. The molecule has 0 fully saturated rings. The van der Waals surface area contributed by atoms with E-state index in [9.17, 15) is 13.2 Å². The molecule has 0 unspecified atom stereocenters. The third kappa shape index (κ3) is 1.30. The van der Waals surface area contributed by atoms with Gasteiger partial charge in [-0.05, 0) is 24.6 Å². The highest BCUT2D eigenvalue weighted by molar-refractivity contribution is 7.91. The molecule has 0 aliphatic carbocycles.